The number of nitrogens with zero attached hydrogens (tertiary/aromatic N) is 2. The first-order valence-corrected chi connectivity index (χ1v) is 8.34. The van der Waals surface area contributed by atoms with Crippen LogP contribution in [-0.2, 0) is 4.74 Å². The second-order valence-corrected chi connectivity index (χ2v) is 6.76. The number of likely N-dealkylation sites (N-methyl/N-ethyl adjacent to an activating group) is 1. The number of carbonyl (C=O) groups is 1. The molecular formula is C18H23N3O2. The number of carbonyl (C=O) groups excluding carboxylic acids is 1. The van der Waals surface area contributed by atoms with E-state index in [1.807, 2.05) is 35.2 Å². The Morgan fingerprint density at radius 3 is 2.74 bits per heavy atom. The van der Waals surface area contributed by atoms with Crippen LogP contribution in [0.1, 0.15) is 23.3 Å². The molecule has 0 unspecified atom stereocenters. The number of para-hydroxylation sites is 1. The number of hydrogen-bond acceptors (Lipinski definition) is 3. The zero-order valence-electron chi connectivity index (χ0n) is 13.5. The van der Waals surface area contributed by atoms with E-state index in [-0.39, 0.29) is 11.4 Å². The molecule has 5 nitrogen and oxygen atoms in total. The number of likely N-dealkylation sites (tertiary alicyclic amines) is 1. The van der Waals surface area contributed by atoms with Crippen LogP contribution in [0, 0.1) is 0 Å². The minimum atomic E-state index is 0.107. The quantitative estimate of drug-likeness (QED) is 0.877. The Morgan fingerprint density at radius 1 is 1.22 bits per heavy atom. The smallest absolute Gasteiger partial charge is 0.270 e. The Hall–Kier alpha value is -1.85. The third kappa shape index (κ3) is 2.54. The molecule has 2 aliphatic heterocycles. The Labute approximate surface area is 136 Å². The van der Waals surface area contributed by atoms with Gasteiger partial charge in [0.05, 0.1) is 13.2 Å². The summed E-state index contributed by atoms with van der Waals surface area (Å²) in [6.07, 6.45) is 1.96. The fourth-order valence-corrected chi connectivity index (χ4v) is 3.82. The van der Waals surface area contributed by atoms with Crippen LogP contribution < -0.4 is 0 Å². The molecule has 122 valence electrons. The van der Waals surface area contributed by atoms with Gasteiger partial charge in [-0.25, -0.2) is 0 Å². The lowest BCUT2D eigenvalue weighted by atomic mass is 9.85. The van der Waals surface area contributed by atoms with E-state index in [0.717, 1.165) is 56.6 Å². The van der Waals surface area contributed by atoms with E-state index in [2.05, 4.69) is 16.9 Å². The number of morpholine rings is 1. The van der Waals surface area contributed by atoms with Crippen LogP contribution in [0.4, 0.5) is 0 Å². The molecule has 2 fully saturated rings. The molecule has 0 saturated carbocycles. The molecule has 2 aromatic rings. The van der Waals surface area contributed by atoms with Gasteiger partial charge in [-0.3, -0.25) is 9.69 Å². The van der Waals surface area contributed by atoms with Crippen molar-refractivity contribution in [2.24, 2.45) is 0 Å². The van der Waals surface area contributed by atoms with E-state index < -0.39 is 0 Å². The summed E-state index contributed by atoms with van der Waals surface area (Å²) in [6.45, 7) is 4.17. The summed E-state index contributed by atoms with van der Waals surface area (Å²) < 4.78 is 5.70. The molecule has 5 heteroatoms. The maximum atomic E-state index is 12.8. The van der Waals surface area contributed by atoms with Crippen LogP contribution >= 0.6 is 0 Å². The molecule has 2 saturated heterocycles. The highest BCUT2D eigenvalue weighted by Crippen LogP contribution is 2.31. The third-order valence-electron chi connectivity index (χ3n) is 5.49. The lowest BCUT2D eigenvalue weighted by Gasteiger charge is -2.49. The van der Waals surface area contributed by atoms with Gasteiger partial charge < -0.3 is 14.6 Å². The van der Waals surface area contributed by atoms with Gasteiger partial charge in [0.15, 0.2) is 0 Å². The van der Waals surface area contributed by atoms with Crippen molar-refractivity contribution in [2.45, 2.75) is 18.4 Å². The summed E-state index contributed by atoms with van der Waals surface area (Å²) in [5.41, 5.74) is 1.83. The normalized spacial score (nSPS) is 21.9. The maximum absolute atomic E-state index is 12.8. The lowest BCUT2D eigenvalue weighted by Crippen LogP contribution is -2.60. The zero-order chi connectivity index (χ0) is 15.9. The molecule has 2 aliphatic rings. The summed E-state index contributed by atoms with van der Waals surface area (Å²) in [5, 5.41) is 1.09. The summed E-state index contributed by atoms with van der Waals surface area (Å²) in [6, 6.07) is 9.97. The highest BCUT2D eigenvalue weighted by atomic mass is 16.5. The molecular weight excluding hydrogens is 290 g/mol. The minimum absolute atomic E-state index is 0.107. The van der Waals surface area contributed by atoms with E-state index in [4.69, 9.17) is 4.74 Å². The summed E-state index contributed by atoms with van der Waals surface area (Å²) in [7, 11) is 2.18. The molecule has 1 aromatic heterocycles. The predicted molar refractivity (Wildman–Crippen MR) is 89.6 cm³/mol. The second-order valence-electron chi connectivity index (χ2n) is 6.76. The Bertz CT molecular complexity index is 683. The third-order valence-corrected chi connectivity index (χ3v) is 5.49. The van der Waals surface area contributed by atoms with Crippen LogP contribution in [0.15, 0.2) is 30.3 Å². The maximum Gasteiger partial charge on any atom is 0.270 e. The molecule has 23 heavy (non-hydrogen) atoms. The van der Waals surface area contributed by atoms with E-state index in [0.29, 0.717) is 5.69 Å². The highest BCUT2D eigenvalue weighted by molar-refractivity contribution is 5.98. The number of hydrogen-bond donors (Lipinski definition) is 1. The standard InChI is InChI=1S/C18H23N3O2/c1-20-10-11-23-13-18(20)6-8-21(9-7-18)17(22)16-12-14-4-2-3-5-15(14)19-16/h2-5,12,19H,6-11,13H2,1H3. The van der Waals surface area contributed by atoms with Crippen LogP contribution in [0.2, 0.25) is 0 Å². The molecule has 0 atom stereocenters. The van der Waals surface area contributed by atoms with Gasteiger partial charge in [-0.1, -0.05) is 18.2 Å². The SMILES string of the molecule is CN1CCOCC12CCN(C(=O)c1cc3ccccc3[nH]1)CC2. The Morgan fingerprint density at radius 2 is 2.00 bits per heavy atom. The zero-order valence-corrected chi connectivity index (χ0v) is 13.5. The monoisotopic (exact) mass is 313 g/mol. The summed E-state index contributed by atoms with van der Waals surface area (Å²) >= 11 is 0. The molecule has 1 amide bonds. The van der Waals surface area contributed by atoms with Crippen molar-refractivity contribution in [3.05, 3.63) is 36.0 Å². The van der Waals surface area contributed by atoms with Crippen LogP contribution in [0.25, 0.3) is 10.9 Å². The van der Waals surface area contributed by atoms with Crippen LogP contribution in [0.3, 0.4) is 0 Å². The van der Waals surface area contributed by atoms with Crippen molar-refractivity contribution in [1.82, 2.24) is 14.8 Å². The summed E-state index contributed by atoms with van der Waals surface area (Å²) in [4.78, 5) is 20.4. The molecule has 0 bridgehead atoms. The number of aromatic amines is 1. The van der Waals surface area contributed by atoms with E-state index >= 15 is 0 Å². The topological polar surface area (TPSA) is 48.6 Å². The van der Waals surface area contributed by atoms with Crippen molar-refractivity contribution in [1.29, 1.82) is 0 Å². The van der Waals surface area contributed by atoms with Crippen molar-refractivity contribution in [3.63, 3.8) is 0 Å². The molecule has 1 N–H and O–H groups in total. The van der Waals surface area contributed by atoms with Gasteiger partial charge >= 0.3 is 0 Å². The van der Waals surface area contributed by atoms with Gasteiger partial charge in [0.1, 0.15) is 5.69 Å². The van der Waals surface area contributed by atoms with Gasteiger partial charge in [0, 0.05) is 36.1 Å². The van der Waals surface area contributed by atoms with Crippen molar-refractivity contribution in [3.8, 4) is 0 Å². The number of ether oxygens (including phenoxy) is 1. The average molecular weight is 313 g/mol. The second kappa shape index (κ2) is 5.65. The van der Waals surface area contributed by atoms with Crippen molar-refractivity contribution >= 4 is 16.8 Å². The Kier molecular flexibility index (Phi) is 3.62. The van der Waals surface area contributed by atoms with Crippen LogP contribution in [-0.4, -0.2) is 66.1 Å². The van der Waals surface area contributed by atoms with E-state index in [1.165, 1.54) is 0 Å². The molecule has 1 aromatic carbocycles. The number of rotatable bonds is 1. The first kappa shape index (κ1) is 14.7. The predicted octanol–water partition coefficient (Wildman–Crippen LogP) is 2.10. The number of nitrogens with one attached hydrogen (secondary N) is 1. The first-order valence-electron chi connectivity index (χ1n) is 8.34. The number of amides is 1. The van der Waals surface area contributed by atoms with Crippen molar-refractivity contribution < 1.29 is 9.53 Å². The first-order chi connectivity index (χ1) is 11.2. The number of piperidine rings is 1. The average Bonchev–Trinajstić information content (AvgIpc) is 3.02. The molecule has 1 spiro atoms. The molecule has 0 radical (unpaired) electrons. The minimum Gasteiger partial charge on any atom is -0.378 e. The van der Waals surface area contributed by atoms with Gasteiger partial charge in [-0.2, -0.15) is 0 Å². The highest BCUT2D eigenvalue weighted by Gasteiger charge is 2.41. The van der Waals surface area contributed by atoms with E-state index in [9.17, 15) is 4.79 Å². The van der Waals surface area contributed by atoms with Gasteiger partial charge in [-0.05, 0) is 32.0 Å². The van der Waals surface area contributed by atoms with Gasteiger partial charge in [0.2, 0.25) is 0 Å². The van der Waals surface area contributed by atoms with E-state index in [1.54, 1.807) is 0 Å². The van der Waals surface area contributed by atoms with Gasteiger partial charge in [-0.15, -0.1) is 0 Å². The fourth-order valence-electron chi connectivity index (χ4n) is 3.82. The number of H-pyrrole nitrogens is 1. The Balaban J connectivity index is 1.48. The number of benzene rings is 1. The number of aromatic nitrogens is 1. The molecule has 3 heterocycles. The number of fused-ring (bicyclic) bond motifs is 1. The summed E-state index contributed by atoms with van der Waals surface area (Å²) in [5.74, 6) is 0.107. The lowest BCUT2D eigenvalue weighted by molar-refractivity contribution is -0.0796. The molecule has 4 rings (SSSR count). The fraction of sp³-hybridized carbons (Fsp3) is 0.500. The van der Waals surface area contributed by atoms with Crippen molar-refractivity contribution in [2.75, 3.05) is 39.9 Å². The molecule has 0 aliphatic carbocycles. The van der Waals surface area contributed by atoms with Gasteiger partial charge in [0.25, 0.3) is 5.91 Å². The largest absolute Gasteiger partial charge is 0.378 e. The van der Waals surface area contributed by atoms with Crippen LogP contribution in [0.5, 0.6) is 0 Å².